The van der Waals surface area contributed by atoms with Crippen LogP contribution in [0.25, 0.3) is 21.9 Å². The normalized spacial score (nSPS) is 11.0. The molecule has 0 fully saturated rings. The Balaban J connectivity index is 1.91. The second-order valence-electron chi connectivity index (χ2n) is 5.43. The van der Waals surface area contributed by atoms with Crippen LogP contribution in [0.1, 0.15) is 0 Å². The van der Waals surface area contributed by atoms with Gasteiger partial charge in [-0.3, -0.25) is 0 Å². The molecule has 0 aliphatic heterocycles. The van der Waals surface area contributed by atoms with Gasteiger partial charge in [-0.25, -0.2) is 14.4 Å². The maximum atomic E-state index is 13.9. The van der Waals surface area contributed by atoms with Gasteiger partial charge in [-0.1, -0.05) is 12.1 Å². The van der Waals surface area contributed by atoms with Crippen LogP contribution in [0, 0.1) is 5.82 Å². The molecule has 25 heavy (non-hydrogen) atoms. The lowest BCUT2D eigenvalue weighted by atomic mass is 10.2. The molecule has 2 N–H and O–H groups in total. The molecule has 0 radical (unpaired) electrons. The number of rotatable bonds is 4. The summed E-state index contributed by atoms with van der Waals surface area (Å²) in [5.74, 6) is 1.36. The van der Waals surface area contributed by atoms with Crippen LogP contribution in [-0.2, 0) is 0 Å². The van der Waals surface area contributed by atoms with Crippen LogP contribution >= 0.6 is 0 Å². The van der Waals surface area contributed by atoms with E-state index in [9.17, 15) is 4.39 Å². The van der Waals surface area contributed by atoms with E-state index in [2.05, 4.69) is 20.3 Å². The fourth-order valence-corrected chi connectivity index (χ4v) is 2.81. The van der Waals surface area contributed by atoms with Gasteiger partial charge in [-0.2, -0.15) is 0 Å². The molecule has 0 saturated heterocycles. The molecule has 0 aliphatic rings. The third-order valence-electron chi connectivity index (χ3n) is 4.01. The van der Waals surface area contributed by atoms with Gasteiger partial charge in [-0.15, -0.1) is 0 Å². The highest BCUT2D eigenvalue weighted by Gasteiger charge is 2.15. The summed E-state index contributed by atoms with van der Waals surface area (Å²) in [7, 11) is 3.16. The first-order valence-electron chi connectivity index (χ1n) is 7.61. The van der Waals surface area contributed by atoms with Crippen molar-refractivity contribution in [2.24, 2.45) is 0 Å². The summed E-state index contributed by atoms with van der Waals surface area (Å²) in [6, 6.07) is 10.1. The predicted molar refractivity (Wildman–Crippen MR) is 94.2 cm³/mol. The van der Waals surface area contributed by atoms with Crippen molar-refractivity contribution in [3.8, 4) is 11.5 Å². The van der Waals surface area contributed by atoms with E-state index >= 15 is 0 Å². The average Bonchev–Trinajstić information content (AvgIpc) is 3.01. The summed E-state index contributed by atoms with van der Waals surface area (Å²) in [6.07, 6.45) is 1.44. The Bertz CT molecular complexity index is 1080. The molecule has 6 nitrogen and oxygen atoms in total. The smallest absolute Gasteiger partial charge is 0.162 e. The Hall–Kier alpha value is -3.35. The summed E-state index contributed by atoms with van der Waals surface area (Å²) in [5, 5.41) is 3.88. The zero-order valence-corrected chi connectivity index (χ0v) is 13.6. The minimum atomic E-state index is -0.353. The molecule has 126 valence electrons. The van der Waals surface area contributed by atoms with Gasteiger partial charge in [-0.05, 0) is 18.2 Å². The van der Waals surface area contributed by atoms with Crippen molar-refractivity contribution in [1.29, 1.82) is 0 Å². The quantitative estimate of drug-likeness (QED) is 0.588. The molecule has 0 aliphatic carbocycles. The van der Waals surface area contributed by atoms with Gasteiger partial charge in [0.25, 0.3) is 0 Å². The van der Waals surface area contributed by atoms with Gasteiger partial charge in [0.15, 0.2) is 17.3 Å². The third-order valence-corrected chi connectivity index (χ3v) is 4.01. The van der Waals surface area contributed by atoms with Crippen molar-refractivity contribution in [1.82, 2.24) is 15.0 Å². The van der Waals surface area contributed by atoms with Crippen molar-refractivity contribution in [3.63, 3.8) is 0 Å². The summed E-state index contributed by atoms with van der Waals surface area (Å²) in [5.41, 5.74) is 2.56. The number of aromatic nitrogens is 3. The fourth-order valence-electron chi connectivity index (χ4n) is 2.81. The van der Waals surface area contributed by atoms with E-state index in [0.29, 0.717) is 34.0 Å². The Kier molecular flexibility index (Phi) is 3.61. The maximum Gasteiger partial charge on any atom is 0.162 e. The molecule has 4 aromatic rings. The lowest BCUT2D eigenvalue weighted by molar-refractivity contribution is 0.356. The SMILES string of the molecule is COc1cc2[nH]c3c(Nc4ccccc4F)ncnc3c2cc1OC. The van der Waals surface area contributed by atoms with Crippen LogP contribution in [-0.4, -0.2) is 29.2 Å². The summed E-state index contributed by atoms with van der Waals surface area (Å²) < 4.78 is 24.6. The minimum Gasteiger partial charge on any atom is -0.493 e. The van der Waals surface area contributed by atoms with Gasteiger partial charge >= 0.3 is 0 Å². The van der Waals surface area contributed by atoms with Gasteiger partial charge in [0.05, 0.1) is 25.4 Å². The molecule has 2 heterocycles. The molecule has 2 aromatic heterocycles. The van der Waals surface area contributed by atoms with E-state index < -0.39 is 0 Å². The first kappa shape index (κ1) is 15.2. The van der Waals surface area contributed by atoms with Crippen LogP contribution in [0.15, 0.2) is 42.7 Å². The topological polar surface area (TPSA) is 72.1 Å². The van der Waals surface area contributed by atoms with Crippen LogP contribution in [0.3, 0.4) is 0 Å². The molecule has 2 aromatic carbocycles. The van der Waals surface area contributed by atoms with E-state index in [0.717, 1.165) is 10.9 Å². The van der Waals surface area contributed by atoms with Crippen LogP contribution < -0.4 is 14.8 Å². The highest BCUT2D eigenvalue weighted by atomic mass is 19.1. The number of hydrogen-bond donors (Lipinski definition) is 2. The molecule has 0 atom stereocenters. The summed E-state index contributed by atoms with van der Waals surface area (Å²) >= 11 is 0. The monoisotopic (exact) mass is 338 g/mol. The van der Waals surface area contributed by atoms with Crippen molar-refractivity contribution in [2.75, 3.05) is 19.5 Å². The number of nitrogens with zero attached hydrogens (tertiary/aromatic N) is 2. The highest BCUT2D eigenvalue weighted by Crippen LogP contribution is 2.36. The van der Waals surface area contributed by atoms with Crippen molar-refractivity contribution >= 4 is 33.4 Å². The number of fused-ring (bicyclic) bond motifs is 3. The zero-order chi connectivity index (χ0) is 17.4. The van der Waals surface area contributed by atoms with Crippen molar-refractivity contribution < 1.29 is 13.9 Å². The number of nitrogens with one attached hydrogen (secondary N) is 2. The van der Waals surface area contributed by atoms with Crippen LogP contribution in [0.4, 0.5) is 15.9 Å². The number of ether oxygens (including phenoxy) is 2. The number of aromatic amines is 1. The van der Waals surface area contributed by atoms with Crippen molar-refractivity contribution in [2.45, 2.75) is 0 Å². The average molecular weight is 338 g/mol. The largest absolute Gasteiger partial charge is 0.493 e. The van der Waals surface area contributed by atoms with E-state index in [1.807, 2.05) is 12.1 Å². The van der Waals surface area contributed by atoms with E-state index in [1.54, 1.807) is 32.4 Å². The van der Waals surface area contributed by atoms with Gasteiger partial charge in [0, 0.05) is 11.5 Å². The highest BCUT2D eigenvalue weighted by molar-refractivity contribution is 6.09. The standard InChI is InChI=1S/C18H15FN4O2/c1-24-14-7-10-13(8-15(14)25-2)22-17-16(10)20-9-21-18(17)23-12-6-4-3-5-11(12)19/h3-9,22H,1-2H3,(H,20,21,23). The molecule has 0 unspecified atom stereocenters. The molecule has 0 spiro atoms. The number of para-hydroxylation sites is 1. The molecule has 0 saturated carbocycles. The predicted octanol–water partition coefficient (Wildman–Crippen LogP) is 4.01. The zero-order valence-electron chi connectivity index (χ0n) is 13.6. The Labute approximate surface area is 142 Å². The first-order chi connectivity index (χ1) is 12.2. The van der Waals surface area contributed by atoms with Crippen molar-refractivity contribution in [3.05, 3.63) is 48.5 Å². The molecular weight excluding hydrogens is 323 g/mol. The Morgan fingerprint density at radius 3 is 2.56 bits per heavy atom. The van der Waals surface area contributed by atoms with Gasteiger partial charge in [0.1, 0.15) is 23.2 Å². The first-order valence-corrected chi connectivity index (χ1v) is 7.61. The number of halogens is 1. The lowest BCUT2D eigenvalue weighted by Crippen LogP contribution is -1.97. The van der Waals surface area contributed by atoms with Crippen LogP contribution in [0.2, 0.25) is 0 Å². The number of hydrogen-bond acceptors (Lipinski definition) is 5. The van der Waals surface area contributed by atoms with E-state index in [4.69, 9.17) is 9.47 Å². The molecule has 0 bridgehead atoms. The second kappa shape index (κ2) is 5.94. The Morgan fingerprint density at radius 2 is 1.80 bits per heavy atom. The number of benzene rings is 2. The third kappa shape index (κ3) is 2.50. The number of H-pyrrole nitrogens is 1. The summed E-state index contributed by atoms with van der Waals surface area (Å²) in [6.45, 7) is 0. The maximum absolute atomic E-state index is 13.9. The summed E-state index contributed by atoms with van der Waals surface area (Å²) in [4.78, 5) is 11.9. The second-order valence-corrected chi connectivity index (χ2v) is 5.43. The Morgan fingerprint density at radius 1 is 1.04 bits per heavy atom. The molecule has 4 rings (SSSR count). The van der Waals surface area contributed by atoms with Gasteiger partial charge < -0.3 is 19.8 Å². The fraction of sp³-hybridized carbons (Fsp3) is 0.111. The molecule has 0 amide bonds. The number of anilines is 2. The molecule has 7 heteroatoms. The molecular formula is C18H15FN4O2. The van der Waals surface area contributed by atoms with Gasteiger partial charge in [0.2, 0.25) is 0 Å². The minimum absolute atomic E-state index is 0.344. The van der Waals surface area contributed by atoms with E-state index in [1.165, 1.54) is 12.4 Å². The number of methoxy groups -OCH3 is 2. The lowest BCUT2D eigenvalue weighted by Gasteiger charge is -2.07. The van der Waals surface area contributed by atoms with E-state index in [-0.39, 0.29) is 5.82 Å². The van der Waals surface area contributed by atoms with Crippen LogP contribution in [0.5, 0.6) is 11.5 Å².